The zero-order valence-corrected chi connectivity index (χ0v) is 14.7. The van der Waals surface area contributed by atoms with E-state index in [-0.39, 0.29) is 11.2 Å². The van der Waals surface area contributed by atoms with Crippen LogP contribution in [0.2, 0.25) is 5.02 Å². The summed E-state index contributed by atoms with van der Waals surface area (Å²) in [5, 5.41) is 0.594. The largest absolute Gasteiger partial charge is 0.288 e. The molecule has 0 N–H and O–H groups in total. The molecule has 0 radical (unpaired) electrons. The van der Waals surface area contributed by atoms with E-state index in [2.05, 4.69) is 43.4 Å². The fourth-order valence-corrected chi connectivity index (χ4v) is 3.44. The van der Waals surface area contributed by atoms with E-state index in [0.717, 1.165) is 8.45 Å². The maximum absolute atomic E-state index is 12.5. The molecule has 0 aliphatic carbocycles. The number of hydrogen-bond acceptors (Lipinski definition) is 2. The van der Waals surface area contributed by atoms with Crippen LogP contribution in [0.25, 0.3) is 0 Å². The Balaban J connectivity index is 2.39. The van der Waals surface area contributed by atoms with Crippen LogP contribution >= 0.6 is 45.5 Å². The van der Waals surface area contributed by atoms with Crippen molar-refractivity contribution >= 4 is 51.3 Å². The van der Waals surface area contributed by atoms with Crippen molar-refractivity contribution < 1.29 is 4.79 Å². The van der Waals surface area contributed by atoms with E-state index in [4.69, 9.17) is 11.6 Å². The van der Waals surface area contributed by atoms with Crippen LogP contribution in [-0.4, -0.2) is 5.78 Å². The van der Waals surface area contributed by atoms with Crippen LogP contribution in [0.1, 0.15) is 40.9 Å². The molecule has 0 atom stereocenters. The second-order valence-electron chi connectivity index (χ2n) is 5.37. The molecule has 0 saturated heterocycles. The van der Waals surface area contributed by atoms with Gasteiger partial charge in [-0.3, -0.25) is 4.79 Å². The van der Waals surface area contributed by atoms with Crippen molar-refractivity contribution in [2.24, 2.45) is 0 Å². The highest BCUT2D eigenvalue weighted by Crippen LogP contribution is 2.31. The van der Waals surface area contributed by atoms with E-state index in [0.29, 0.717) is 10.6 Å². The molecule has 4 heteroatoms. The highest BCUT2D eigenvalue weighted by Gasteiger charge is 2.20. The Kier molecular flexibility index (Phi) is 4.38. The molecule has 2 aromatic rings. The first-order valence-electron chi connectivity index (χ1n) is 5.89. The third-order valence-corrected chi connectivity index (χ3v) is 5.43. The second-order valence-corrected chi connectivity index (χ2v) is 8.05. The number of ketones is 1. The average molecular weight is 405 g/mol. The van der Waals surface area contributed by atoms with Gasteiger partial charge < -0.3 is 0 Å². The summed E-state index contributed by atoms with van der Waals surface area (Å²) in [7, 11) is 0. The maximum atomic E-state index is 12.5. The number of rotatable bonds is 2. The van der Waals surface area contributed by atoms with Crippen molar-refractivity contribution in [3.8, 4) is 0 Å². The molecule has 1 aromatic carbocycles. The third kappa shape index (κ3) is 3.38. The number of carbonyl (C=O) groups excluding carboxylic acids is 1. The fraction of sp³-hybridized carbons (Fsp3) is 0.267. The topological polar surface area (TPSA) is 17.1 Å². The monoisotopic (exact) mass is 404 g/mol. The highest BCUT2D eigenvalue weighted by atomic mass is 127. The van der Waals surface area contributed by atoms with Crippen LogP contribution in [-0.2, 0) is 5.41 Å². The minimum atomic E-state index is 0.0485. The van der Waals surface area contributed by atoms with Gasteiger partial charge in [-0.2, -0.15) is 0 Å². The van der Waals surface area contributed by atoms with Crippen LogP contribution in [0.15, 0.2) is 30.3 Å². The Hall–Kier alpha value is -0.390. The molecule has 0 aliphatic heterocycles. The Labute approximate surface area is 136 Å². The SMILES string of the molecule is CC(C)(C)c1ccc(C(=O)c2cc(Cl)ccc2I)s1. The standard InChI is InChI=1S/C15H14ClIOS/c1-15(2,3)13-7-6-12(19-13)14(18)10-8-9(16)4-5-11(10)17/h4-8H,1-3H3. The number of thiophene rings is 1. The van der Waals surface area contributed by atoms with Gasteiger partial charge in [0.1, 0.15) is 0 Å². The van der Waals surface area contributed by atoms with E-state index in [1.807, 2.05) is 18.2 Å². The molecule has 2 rings (SSSR count). The van der Waals surface area contributed by atoms with Gasteiger partial charge in [-0.25, -0.2) is 0 Å². The second kappa shape index (κ2) is 5.54. The van der Waals surface area contributed by atoms with Crippen molar-refractivity contribution in [1.29, 1.82) is 0 Å². The van der Waals surface area contributed by atoms with Crippen molar-refractivity contribution in [2.75, 3.05) is 0 Å². The van der Waals surface area contributed by atoms with E-state index in [1.165, 1.54) is 4.88 Å². The smallest absolute Gasteiger partial charge is 0.204 e. The third-order valence-electron chi connectivity index (χ3n) is 2.74. The molecule has 0 fully saturated rings. The lowest BCUT2D eigenvalue weighted by molar-refractivity contribution is 0.104. The van der Waals surface area contributed by atoms with Crippen molar-refractivity contribution in [1.82, 2.24) is 0 Å². The lowest BCUT2D eigenvalue weighted by Crippen LogP contribution is -2.08. The summed E-state index contributed by atoms with van der Waals surface area (Å²) in [6.45, 7) is 6.45. The first-order valence-corrected chi connectivity index (χ1v) is 8.16. The van der Waals surface area contributed by atoms with Gasteiger partial charge in [-0.1, -0.05) is 32.4 Å². The summed E-state index contributed by atoms with van der Waals surface area (Å²) in [6.07, 6.45) is 0. The van der Waals surface area contributed by atoms with Crippen LogP contribution in [0.5, 0.6) is 0 Å². The van der Waals surface area contributed by atoms with Crippen LogP contribution in [0.4, 0.5) is 0 Å². The highest BCUT2D eigenvalue weighted by molar-refractivity contribution is 14.1. The molecule has 1 heterocycles. The number of benzene rings is 1. The Bertz CT molecular complexity index is 625. The molecule has 0 saturated carbocycles. The number of carbonyl (C=O) groups is 1. The van der Waals surface area contributed by atoms with Gasteiger partial charge in [-0.05, 0) is 58.3 Å². The summed E-state index contributed by atoms with van der Waals surface area (Å²) in [5.41, 5.74) is 0.750. The molecular formula is C15H14ClIOS. The minimum Gasteiger partial charge on any atom is -0.288 e. The molecule has 0 spiro atoms. The quantitative estimate of drug-likeness (QED) is 0.475. The Morgan fingerprint density at radius 1 is 1.21 bits per heavy atom. The molecule has 0 amide bonds. The first-order chi connectivity index (χ1) is 8.79. The van der Waals surface area contributed by atoms with Crippen molar-refractivity contribution in [2.45, 2.75) is 26.2 Å². The van der Waals surface area contributed by atoms with Gasteiger partial charge in [-0.15, -0.1) is 11.3 Å². The predicted octanol–water partition coefficient (Wildman–Crippen LogP) is 5.53. The first kappa shape index (κ1) is 15.0. The van der Waals surface area contributed by atoms with Crippen LogP contribution in [0.3, 0.4) is 0 Å². The van der Waals surface area contributed by atoms with Gasteiger partial charge >= 0.3 is 0 Å². The summed E-state index contributed by atoms with van der Waals surface area (Å²) in [5.74, 6) is 0.0485. The molecule has 1 aromatic heterocycles. The van der Waals surface area contributed by atoms with Gasteiger partial charge in [0.25, 0.3) is 0 Å². The molecule has 100 valence electrons. The summed E-state index contributed by atoms with van der Waals surface area (Å²) < 4.78 is 0.928. The van der Waals surface area contributed by atoms with Gasteiger partial charge in [0.05, 0.1) is 4.88 Å². The van der Waals surface area contributed by atoms with Crippen LogP contribution in [0, 0.1) is 3.57 Å². The zero-order chi connectivity index (χ0) is 14.2. The van der Waals surface area contributed by atoms with Crippen molar-refractivity contribution in [3.63, 3.8) is 0 Å². The Morgan fingerprint density at radius 2 is 1.89 bits per heavy atom. The summed E-state index contributed by atoms with van der Waals surface area (Å²) >= 11 is 9.70. The van der Waals surface area contributed by atoms with E-state index in [9.17, 15) is 4.79 Å². The lowest BCUT2D eigenvalue weighted by atomic mass is 9.95. The molecule has 0 bridgehead atoms. The molecule has 0 aliphatic rings. The molecule has 19 heavy (non-hydrogen) atoms. The zero-order valence-electron chi connectivity index (χ0n) is 11.0. The van der Waals surface area contributed by atoms with E-state index in [1.54, 1.807) is 23.5 Å². The average Bonchev–Trinajstić information content (AvgIpc) is 2.80. The maximum Gasteiger partial charge on any atom is 0.204 e. The normalized spacial score (nSPS) is 11.6. The van der Waals surface area contributed by atoms with Crippen LogP contribution < -0.4 is 0 Å². The van der Waals surface area contributed by atoms with Gasteiger partial charge in [0.2, 0.25) is 5.78 Å². The van der Waals surface area contributed by atoms with Crippen molar-refractivity contribution in [3.05, 3.63) is 54.2 Å². The fourth-order valence-electron chi connectivity index (χ4n) is 1.67. The number of hydrogen-bond donors (Lipinski definition) is 0. The minimum absolute atomic E-state index is 0.0485. The summed E-state index contributed by atoms with van der Waals surface area (Å²) in [6, 6.07) is 9.35. The number of halogens is 2. The Morgan fingerprint density at radius 3 is 2.47 bits per heavy atom. The molecular weight excluding hydrogens is 391 g/mol. The van der Waals surface area contributed by atoms with E-state index < -0.39 is 0 Å². The molecule has 1 nitrogen and oxygen atoms in total. The van der Waals surface area contributed by atoms with Gasteiger partial charge in [0, 0.05) is 19.0 Å². The summed E-state index contributed by atoms with van der Waals surface area (Å²) in [4.78, 5) is 14.5. The predicted molar refractivity (Wildman–Crippen MR) is 90.6 cm³/mol. The lowest BCUT2D eigenvalue weighted by Gasteiger charge is -2.15. The van der Waals surface area contributed by atoms with E-state index >= 15 is 0 Å². The van der Waals surface area contributed by atoms with Gasteiger partial charge in [0.15, 0.2) is 0 Å². The molecule has 0 unspecified atom stereocenters.